The molecule has 9 heteroatoms. The summed E-state index contributed by atoms with van der Waals surface area (Å²) in [5.41, 5.74) is 1.34. The van der Waals surface area contributed by atoms with Crippen LogP contribution in [0.3, 0.4) is 0 Å². The minimum atomic E-state index is -1.18. The average Bonchev–Trinajstić information content (AvgIpc) is 3.42. The second-order valence-electron chi connectivity index (χ2n) is 20.2. The minimum Gasteiger partial charge on any atom is -0.481 e. The molecule has 0 amide bonds. The second-order valence-corrected chi connectivity index (χ2v) is 20.7. The lowest BCUT2D eigenvalue weighted by atomic mass is 9.32. The number of hydrogen-bond donors (Lipinski definition) is 3. The number of esters is 1. The minimum absolute atomic E-state index is 0.00154. The number of hydrogen-bond acceptors (Lipinski definition) is 7. The Balaban J connectivity index is 1.30. The first-order chi connectivity index (χ1) is 25.6. The maximum atomic E-state index is 14.2. The highest BCUT2D eigenvalue weighted by molar-refractivity contribution is 6.30. The van der Waals surface area contributed by atoms with Crippen LogP contribution in [-0.4, -0.2) is 70.7 Å². The predicted octanol–water partition coefficient (Wildman–Crippen LogP) is 8.87. The number of rotatable bonds is 12. The van der Waals surface area contributed by atoms with E-state index in [9.17, 15) is 24.6 Å². The summed E-state index contributed by atoms with van der Waals surface area (Å²) in [6, 6.07) is 7.89. The van der Waals surface area contributed by atoms with Crippen LogP contribution in [0.25, 0.3) is 0 Å². The van der Waals surface area contributed by atoms with E-state index in [1.54, 1.807) is 13.8 Å². The molecule has 10 atom stereocenters. The number of halogens is 1. The maximum absolute atomic E-state index is 14.2. The van der Waals surface area contributed by atoms with Crippen molar-refractivity contribution in [1.29, 1.82) is 0 Å². The third-order valence-electron chi connectivity index (χ3n) is 16.7. The zero-order valence-electron chi connectivity index (χ0n) is 35.3. The summed E-state index contributed by atoms with van der Waals surface area (Å²) in [5, 5.41) is 26.8. The van der Waals surface area contributed by atoms with Crippen molar-refractivity contribution in [3.8, 4) is 0 Å². The van der Waals surface area contributed by atoms with Crippen molar-refractivity contribution in [2.24, 2.45) is 50.7 Å². The Morgan fingerprint density at radius 3 is 2.27 bits per heavy atom. The standard InChI is InChI=1S/C46H69ClN2O6/c1-11-48-46-23-21-43(8)35(44(46,9)19-18-34(29(46)4)55-37(52)25-41(5,6)40(53)54)17-16-32-39-38(28(2)3)33(50)24-45(39,22-20-42(32,43)7)36(51)27-49(10)26-30-12-14-31(47)15-13-30/h12-15,28-29,32,34-36,48,51H,11,16-27H2,1-10H3,(H,53,54). The van der Waals surface area contributed by atoms with Gasteiger partial charge in [0.1, 0.15) is 6.10 Å². The highest BCUT2D eigenvalue weighted by Crippen LogP contribution is 2.76. The van der Waals surface area contributed by atoms with Crippen LogP contribution < -0.4 is 5.32 Å². The molecule has 0 bridgehead atoms. The number of ether oxygens (including phenoxy) is 1. The number of benzene rings is 1. The number of Topliss-reactive ketones (excluding diaryl/α,β-unsaturated/α-hetero) is 1. The highest BCUT2D eigenvalue weighted by atomic mass is 35.5. The summed E-state index contributed by atoms with van der Waals surface area (Å²) >= 11 is 6.16. The molecule has 5 aliphatic rings. The van der Waals surface area contributed by atoms with Crippen LogP contribution in [0, 0.1) is 50.7 Å². The number of nitrogens with one attached hydrogen (secondary N) is 1. The number of carbonyl (C=O) groups is 3. The summed E-state index contributed by atoms with van der Waals surface area (Å²) in [4.78, 5) is 41.4. The lowest BCUT2D eigenvalue weighted by Crippen LogP contribution is -2.75. The lowest BCUT2D eigenvalue weighted by Gasteiger charge is -2.74. The molecule has 0 aliphatic heterocycles. The number of fused-ring (bicyclic) bond motifs is 7. The van der Waals surface area contributed by atoms with Gasteiger partial charge in [0, 0.05) is 41.4 Å². The van der Waals surface area contributed by atoms with Crippen LogP contribution in [0.15, 0.2) is 35.4 Å². The number of likely N-dealkylation sites (N-methyl/N-ethyl adjacent to an activating group) is 1. The van der Waals surface area contributed by atoms with E-state index < -0.39 is 28.9 Å². The predicted molar refractivity (Wildman–Crippen MR) is 217 cm³/mol. The molecule has 1 aromatic carbocycles. The monoisotopic (exact) mass is 780 g/mol. The van der Waals surface area contributed by atoms with E-state index in [0.717, 1.165) is 69.0 Å². The Kier molecular flexibility index (Phi) is 11.4. The summed E-state index contributed by atoms with van der Waals surface area (Å²) in [6.07, 6.45) is 6.83. The van der Waals surface area contributed by atoms with Gasteiger partial charge >= 0.3 is 11.9 Å². The van der Waals surface area contributed by atoms with Crippen LogP contribution in [0.5, 0.6) is 0 Å². The summed E-state index contributed by atoms with van der Waals surface area (Å²) < 4.78 is 6.20. The molecule has 0 saturated heterocycles. The molecule has 6 rings (SSSR count). The van der Waals surface area contributed by atoms with Gasteiger partial charge < -0.3 is 20.3 Å². The van der Waals surface area contributed by atoms with Crippen molar-refractivity contribution in [3.05, 3.63) is 46.0 Å². The van der Waals surface area contributed by atoms with Crippen molar-refractivity contribution in [2.75, 3.05) is 20.1 Å². The molecule has 1 aromatic rings. The molecular formula is C46H69ClN2O6. The Hall–Kier alpha value is -2.26. The average molecular weight is 782 g/mol. The molecule has 4 saturated carbocycles. The fourth-order valence-corrected chi connectivity index (χ4v) is 13.7. The summed E-state index contributed by atoms with van der Waals surface area (Å²) in [7, 11) is 2.06. The molecular weight excluding hydrogens is 712 g/mol. The topological polar surface area (TPSA) is 116 Å². The molecule has 0 spiro atoms. The maximum Gasteiger partial charge on any atom is 0.309 e. The first-order valence-electron chi connectivity index (χ1n) is 21.2. The normalized spacial score (nSPS) is 38.0. The van der Waals surface area contributed by atoms with Crippen molar-refractivity contribution >= 4 is 29.3 Å². The van der Waals surface area contributed by atoms with Gasteiger partial charge in [-0.3, -0.25) is 19.3 Å². The number of aliphatic hydroxyl groups is 1. The molecule has 5 aliphatic carbocycles. The van der Waals surface area contributed by atoms with E-state index >= 15 is 0 Å². The molecule has 55 heavy (non-hydrogen) atoms. The summed E-state index contributed by atoms with van der Waals surface area (Å²) in [6.45, 7) is 21.5. The number of carboxylic acids is 1. The van der Waals surface area contributed by atoms with Crippen molar-refractivity contribution < 1.29 is 29.3 Å². The number of carboxylic acid groups (broad SMARTS) is 1. The molecule has 4 fully saturated rings. The van der Waals surface area contributed by atoms with E-state index in [4.69, 9.17) is 16.3 Å². The lowest BCUT2D eigenvalue weighted by molar-refractivity contribution is -0.233. The number of aliphatic hydroxyl groups excluding tert-OH is 1. The third kappa shape index (κ3) is 6.65. The van der Waals surface area contributed by atoms with Gasteiger partial charge in [0.2, 0.25) is 0 Å². The third-order valence-corrected chi connectivity index (χ3v) is 17.0. The first-order valence-corrected chi connectivity index (χ1v) is 21.6. The number of nitrogens with zero attached hydrogens (tertiary/aromatic N) is 1. The van der Waals surface area contributed by atoms with Gasteiger partial charge in [0.15, 0.2) is 5.78 Å². The van der Waals surface area contributed by atoms with Gasteiger partial charge in [0.25, 0.3) is 0 Å². The Morgan fingerprint density at radius 1 is 1.00 bits per heavy atom. The van der Waals surface area contributed by atoms with Gasteiger partial charge in [0.05, 0.1) is 17.9 Å². The van der Waals surface area contributed by atoms with E-state index in [0.29, 0.717) is 30.5 Å². The van der Waals surface area contributed by atoms with Crippen LogP contribution in [0.2, 0.25) is 5.02 Å². The molecule has 306 valence electrons. The summed E-state index contributed by atoms with van der Waals surface area (Å²) in [5.74, 6) is -0.398. The number of allylic oxidation sites excluding steroid dienone is 1. The molecule has 8 nitrogen and oxygen atoms in total. The van der Waals surface area contributed by atoms with Crippen molar-refractivity contribution in [1.82, 2.24) is 10.2 Å². The van der Waals surface area contributed by atoms with E-state index in [1.807, 2.05) is 24.3 Å². The first kappa shape index (κ1) is 42.3. The Bertz CT molecular complexity index is 1690. The van der Waals surface area contributed by atoms with E-state index in [-0.39, 0.29) is 57.8 Å². The largest absolute Gasteiger partial charge is 0.481 e. The number of carbonyl (C=O) groups excluding carboxylic acids is 2. The Labute approximate surface area is 335 Å². The zero-order valence-corrected chi connectivity index (χ0v) is 36.1. The van der Waals surface area contributed by atoms with E-state index in [2.05, 4.69) is 65.7 Å². The van der Waals surface area contributed by atoms with Crippen molar-refractivity contribution in [3.63, 3.8) is 0 Å². The van der Waals surface area contributed by atoms with Crippen LogP contribution in [0.1, 0.15) is 132 Å². The smallest absolute Gasteiger partial charge is 0.309 e. The SMILES string of the molecule is CCNC12CCC3(C)C(CCC4C5=C(C(C)C)C(=O)CC5(C(O)CN(C)Cc5ccc(Cl)cc5)CCC43C)C1(C)CCC(OC(=O)CC(C)(C)C(=O)O)C2C. The molecule has 0 radical (unpaired) electrons. The molecule has 10 unspecified atom stereocenters. The Morgan fingerprint density at radius 2 is 1.65 bits per heavy atom. The van der Waals surface area contributed by atoms with Crippen molar-refractivity contribution in [2.45, 2.75) is 151 Å². The van der Waals surface area contributed by atoms with Gasteiger partial charge in [-0.05, 0) is 136 Å². The molecule has 0 aromatic heterocycles. The van der Waals surface area contributed by atoms with Gasteiger partial charge in [-0.2, -0.15) is 0 Å². The van der Waals surface area contributed by atoms with Gasteiger partial charge in [-0.25, -0.2) is 0 Å². The highest BCUT2D eigenvalue weighted by Gasteiger charge is 2.73. The fourth-order valence-electron chi connectivity index (χ4n) is 13.6. The number of ketones is 1. The molecule has 3 N–H and O–H groups in total. The van der Waals surface area contributed by atoms with Gasteiger partial charge in [-0.1, -0.05) is 77.8 Å². The van der Waals surface area contributed by atoms with E-state index in [1.165, 1.54) is 5.57 Å². The van der Waals surface area contributed by atoms with Crippen LogP contribution in [-0.2, 0) is 25.7 Å². The zero-order chi connectivity index (χ0) is 40.5. The fraction of sp³-hybridized carbons (Fsp3) is 0.761. The molecule has 0 heterocycles. The van der Waals surface area contributed by atoms with Gasteiger partial charge in [-0.15, -0.1) is 0 Å². The van der Waals surface area contributed by atoms with Crippen LogP contribution in [0.4, 0.5) is 0 Å². The quantitative estimate of drug-likeness (QED) is 0.180. The second kappa shape index (κ2) is 14.8. The number of aliphatic carboxylic acids is 1. The van der Waals surface area contributed by atoms with Crippen LogP contribution >= 0.6 is 11.6 Å².